The van der Waals surface area contributed by atoms with E-state index in [9.17, 15) is 31.1 Å². The van der Waals surface area contributed by atoms with Gasteiger partial charge in [-0.2, -0.15) is 26.3 Å². The van der Waals surface area contributed by atoms with Crippen molar-refractivity contribution in [3.8, 4) is 0 Å². The van der Waals surface area contributed by atoms with Gasteiger partial charge in [0.15, 0.2) is 0 Å². The van der Waals surface area contributed by atoms with Gasteiger partial charge in [0.1, 0.15) is 0 Å². The van der Waals surface area contributed by atoms with E-state index in [1.165, 1.54) is 0 Å². The molecule has 3 saturated heterocycles. The van der Waals surface area contributed by atoms with Crippen molar-refractivity contribution in [2.45, 2.75) is 43.3 Å². The monoisotopic (exact) mass is 434 g/mol. The van der Waals surface area contributed by atoms with E-state index in [2.05, 4.69) is 9.64 Å². The Kier molecular flexibility index (Phi) is 6.54. The summed E-state index contributed by atoms with van der Waals surface area (Å²) in [6.45, 7) is 4.11. The van der Waals surface area contributed by atoms with Crippen molar-refractivity contribution in [3.63, 3.8) is 0 Å². The number of likely N-dealkylation sites (tertiary alicyclic amines) is 1. The summed E-state index contributed by atoms with van der Waals surface area (Å²) in [6, 6.07) is 0. The van der Waals surface area contributed by atoms with Gasteiger partial charge in [0, 0.05) is 39.3 Å². The summed E-state index contributed by atoms with van der Waals surface area (Å²) in [5.41, 5.74) is -0.554. The number of piperidine rings is 1. The second-order valence-corrected chi connectivity index (χ2v) is 7.83. The van der Waals surface area contributed by atoms with E-state index in [-0.39, 0.29) is 13.1 Å². The van der Waals surface area contributed by atoms with Crippen molar-refractivity contribution in [3.05, 3.63) is 0 Å². The molecule has 0 saturated carbocycles. The number of hydrogen-bond donors (Lipinski definition) is 0. The molecule has 0 bridgehead atoms. The van der Waals surface area contributed by atoms with E-state index >= 15 is 0 Å². The van der Waals surface area contributed by atoms with Crippen LogP contribution in [-0.2, 0) is 14.2 Å². The van der Waals surface area contributed by atoms with Gasteiger partial charge in [-0.1, -0.05) is 0 Å². The number of amides is 1. The van der Waals surface area contributed by atoms with Crippen LogP contribution in [0.25, 0.3) is 0 Å². The molecule has 0 aromatic heterocycles. The second kappa shape index (κ2) is 8.46. The molecule has 0 aromatic carbocycles. The molecule has 0 N–H and O–H groups in total. The number of halogens is 6. The molecule has 3 heterocycles. The average molecular weight is 434 g/mol. The molecular weight excluding hydrogens is 410 g/mol. The van der Waals surface area contributed by atoms with Gasteiger partial charge >= 0.3 is 18.4 Å². The average Bonchev–Trinajstić information content (AvgIpc) is 3.11. The van der Waals surface area contributed by atoms with Crippen LogP contribution in [-0.4, -0.2) is 92.5 Å². The summed E-state index contributed by atoms with van der Waals surface area (Å²) in [5.74, 6) is 0.446. The lowest BCUT2D eigenvalue weighted by Gasteiger charge is -2.47. The summed E-state index contributed by atoms with van der Waals surface area (Å²) < 4.78 is 90.6. The Labute approximate surface area is 164 Å². The molecule has 1 atom stereocenters. The van der Waals surface area contributed by atoms with Crippen LogP contribution >= 0.6 is 0 Å². The third kappa shape index (κ3) is 5.66. The molecule has 0 aliphatic carbocycles. The Balaban J connectivity index is 1.53. The van der Waals surface area contributed by atoms with Crippen LogP contribution < -0.4 is 0 Å². The lowest BCUT2D eigenvalue weighted by molar-refractivity contribution is -0.308. The van der Waals surface area contributed by atoms with Crippen molar-refractivity contribution in [2.24, 2.45) is 5.92 Å². The predicted molar refractivity (Wildman–Crippen MR) is 87.2 cm³/mol. The number of carbonyl (C=O) groups is 1. The van der Waals surface area contributed by atoms with Crippen LogP contribution in [0.3, 0.4) is 0 Å². The minimum absolute atomic E-state index is 0.0261. The van der Waals surface area contributed by atoms with E-state index in [0.29, 0.717) is 38.5 Å². The van der Waals surface area contributed by atoms with Crippen LogP contribution in [0, 0.1) is 5.92 Å². The third-order valence-corrected chi connectivity index (χ3v) is 5.61. The highest BCUT2D eigenvalue weighted by molar-refractivity contribution is 5.68. The molecule has 3 fully saturated rings. The molecule has 1 unspecified atom stereocenters. The maximum Gasteiger partial charge on any atom is 0.434 e. The number of alkyl halides is 6. The number of carbonyl (C=O) groups excluding carboxylic acids is 1. The molecule has 1 amide bonds. The minimum Gasteiger partial charge on any atom is -0.426 e. The topological polar surface area (TPSA) is 51.2 Å². The summed E-state index contributed by atoms with van der Waals surface area (Å²) in [4.78, 5) is 15.0. The van der Waals surface area contributed by atoms with E-state index in [0.717, 1.165) is 31.0 Å². The van der Waals surface area contributed by atoms with Gasteiger partial charge in [-0.25, -0.2) is 4.79 Å². The number of morpholine rings is 1. The normalized spacial score (nSPS) is 26.3. The molecule has 29 heavy (non-hydrogen) atoms. The molecule has 0 aromatic rings. The van der Waals surface area contributed by atoms with Gasteiger partial charge in [0.25, 0.3) is 6.10 Å². The Morgan fingerprint density at radius 3 is 2.28 bits per heavy atom. The molecule has 3 aliphatic heterocycles. The molecule has 3 aliphatic rings. The quantitative estimate of drug-likeness (QED) is 0.640. The van der Waals surface area contributed by atoms with Crippen LogP contribution in [0.1, 0.15) is 19.3 Å². The SMILES string of the molecule is O=C(OC(C(F)(F)F)C(F)(F)F)N1CCC2(CC1)CN(CC1CCOC1)CCO2. The summed E-state index contributed by atoms with van der Waals surface area (Å²) in [7, 11) is 0. The smallest absolute Gasteiger partial charge is 0.426 e. The Morgan fingerprint density at radius 2 is 1.72 bits per heavy atom. The zero-order valence-corrected chi connectivity index (χ0v) is 15.7. The van der Waals surface area contributed by atoms with Gasteiger partial charge in [-0.3, -0.25) is 4.90 Å². The molecule has 3 rings (SSSR count). The highest BCUT2D eigenvalue weighted by atomic mass is 19.4. The fourth-order valence-electron chi connectivity index (χ4n) is 4.07. The van der Waals surface area contributed by atoms with E-state index in [4.69, 9.17) is 9.47 Å². The summed E-state index contributed by atoms with van der Waals surface area (Å²) >= 11 is 0. The Morgan fingerprint density at radius 1 is 1.07 bits per heavy atom. The van der Waals surface area contributed by atoms with Gasteiger partial charge in [-0.05, 0) is 25.2 Å². The predicted octanol–water partition coefficient (Wildman–Crippen LogP) is 2.82. The first kappa shape index (κ1) is 22.4. The Hall–Kier alpha value is -1.27. The molecule has 168 valence electrons. The van der Waals surface area contributed by atoms with Crippen molar-refractivity contribution < 1.29 is 45.3 Å². The minimum atomic E-state index is -5.72. The van der Waals surface area contributed by atoms with Crippen molar-refractivity contribution in [1.82, 2.24) is 9.80 Å². The summed E-state index contributed by atoms with van der Waals surface area (Å²) in [6.07, 6.45) is -15.6. The molecule has 1 spiro atoms. The fourth-order valence-corrected chi connectivity index (χ4v) is 4.07. The highest BCUT2D eigenvalue weighted by Crippen LogP contribution is 2.37. The van der Waals surface area contributed by atoms with E-state index in [1.807, 2.05) is 0 Å². The van der Waals surface area contributed by atoms with Crippen LogP contribution in [0.15, 0.2) is 0 Å². The Bertz CT molecular complexity index is 557. The van der Waals surface area contributed by atoms with Crippen molar-refractivity contribution in [2.75, 3.05) is 52.5 Å². The molecule has 12 heteroatoms. The molecule has 0 radical (unpaired) electrons. The van der Waals surface area contributed by atoms with Crippen LogP contribution in [0.2, 0.25) is 0 Å². The van der Waals surface area contributed by atoms with Crippen LogP contribution in [0.4, 0.5) is 31.1 Å². The lowest BCUT2D eigenvalue weighted by Crippen LogP contribution is -2.58. The van der Waals surface area contributed by atoms with Gasteiger partial charge in [0.2, 0.25) is 0 Å². The molecule has 6 nitrogen and oxygen atoms in total. The zero-order chi connectivity index (χ0) is 21.3. The maximum atomic E-state index is 12.6. The third-order valence-electron chi connectivity index (χ3n) is 5.61. The van der Waals surface area contributed by atoms with E-state index < -0.39 is 30.2 Å². The first-order valence-corrected chi connectivity index (χ1v) is 9.52. The van der Waals surface area contributed by atoms with Crippen LogP contribution in [0.5, 0.6) is 0 Å². The highest BCUT2D eigenvalue weighted by Gasteiger charge is 2.60. The van der Waals surface area contributed by atoms with Gasteiger partial charge in [0.05, 0.1) is 18.8 Å². The lowest BCUT2D eigenvalue weighted by atomic mass is 9.89. The maximum absolute atomic E-state index is 12.6. The second-order valence-electron chi connectivity index (χ2n) is 7.83. The molecular formula is C17H24F6N2O4. The standard InChI is InChI=1S/C17H24F6N2O4/c18-16(19,20)13(17(21,22)23)29-14(26)25-4-2-15(3-5-25)11-24(6-8-28-15)9-12-1-7-27-10-12/h12-13H,1-11H2. The summed E-state index contributed by atoms with van der Waals surface area (Å²) in [5, 5.41) is 0. The van der Waals surface area contributed by atoms with E-state index in [1.54, 1.807) is 0 Å². The van der Waals surface area contributed by atoms with Crippen molar-refractivity contribution in [1.29, 1.82) is 0 Å². The largest absolute Gasteiger partial charge is 0.434 e. The van der Waals surface area contributed by atoms with Gasteiger partial charge < -0.3 is 19.1 Å². The number of ether oxygens (including phenoxy) is 3. The van der Waals surface area contributed by atoms with Crippen molar-refractivity contribution >= 4 is 6.09 Å². The first-order valence-electron chi connectivity index (χ1n) is 9.52. The van der Waals surface area contributed by atoms with Gasteiger partial charge in [-0.15, -0.1) is 0 Å². The number of nitrogens with zero attached hydrogens (tertiary/aromatic N) is 2. The number of rotatable bonds is 3. The first-order chi connectivity index (χ1) is 13.5. The zero-order valence-electron chi connectivity index (χ0n) is 15.7. The fraction of sp³-hybridized carbons (Fsp3) is 0.941. The number of hydrogen-bond acceptors (Lipinski definition) is 5.